The van der Waals surface area contributed by atoms with Crippen LogP contribution in [0.2, 0.25) is 0 Å². The average molecular weight is 328 g/mol. The predicted molar refractivity (Wildman–Crippen MR) is 90.7 cm³/mol. The number of aliphatic carboxylic acids is 1. The van der Waals surface area contributed by atoms with E-state index in [4.69, 9.17) is 0 Å². The fourth-order valence-corrected chi connectivity index (χ4v) is 5.04. The van der Waals surface area contributed by atoms with Crippen molar-refractivity contribution in [1.29, 1.82) is 0 Å². The minimum atomic E-state index is -0.775. The molecule has 1 aromatic carbocycles. The number of para-hydroxylation sites is 1. The van der Waals surface area contributed by atoms with E-state index in [2.05, 4.69) is 17.0 Å². The number of amides is 1. The lowest BCUT2D eigenvalue weighted by Crippen LogP contribution is -2.52. The number of hydrogen-bond donors (Lipinski definition) is 1. The lowest BCUT2D eigenvalue weighted by atomic mass is 9.78. The van der Waals surface area contributed by atoms with Crippen molar-refractivity contribution < 1.29 is 14.7 Å². The molecule has 1 aliphatic heterocycles. The minimum absolute atomic E-state index is 0.0855. The molecule has 1 heterocycles. The molecule has 2 saturated carbocycles. The maximum absolute atomic E-state index is 13.0. The molecule has 3 fully saturated rings. The molecule has 3 aliphatic rings. The maximum atomic E-state index is 13.0. The van der Waals surface area contributed by atoms with Crippen LogP contribution in [0.25, 0.3) is 0 Å². The molecule has 128 valence electrons. The Labute approximate surface area is 142 Å². The van der Waals surface area contributed by atoms with Crippen LogP contribution in [0.1, 0.15) is 19.3 Å². The normalized spacial score (nSPS) is 32.2. The van der Waals surface area contributed by atoms with Crippen LogP contribution in [0.5, 0.6) is 0 Å². The largest absolute Gasteiger partial charge is 0.481 e. The zero-order valence-electron chi connectivity index (χ0n) is 13.8. The van der Waals surface area contributed by atoms with Crippen molar-refractivity contribution >= 4 is 17.6 Å². The lowest BCUT2D eigenvalue weighted by Gasteiger charge is -2.39. The first-order valence-corrected chi connectivity index (χ1v) is 8.97. The van der Waals surface area contributed by atoms with Crippen LogP contribution in [0, 0.1) is 23.7 Å². The van der Waals surface area contributed by atoms with Gasteiger partial charge in [-0.05, 0) is 43.2 Å². The summed E-state index contributed by atoms with van der Waals surface area (Å²) in [5.41, 5.74) is 1.19. The standard InChI is InChI=1S/C19H24N2O3/c22-18(16-13-6-7-14(12-13)17(16)19(23)24)21-10-8-20(9-11-21)15-4-2-1-3-5-15/h1-5,13-14,16-17H,6-12H2,(H,23,24)/t13-,14+,16+,17+/m1/s1. The van der Waals surface area contributed by atoms with Gasteiger partial charge < -0.3 is 14.9 Å². The van der Waals surface area contributed by atoms with Crippen molar-refractivity contribution in [3.05, 3.63) is 30.3 Å². The van der Waals surface area contributed by atoms with Crippen LogP contribution in [0.3, 0.4) is 0 Å². The smallest absolute Gasteiger partial charge is 0.307 e. The fraction of sp³-hybridized carbons (Fsp3) is 0.579. The van der Waals surface area contributed by atoms with Gasteiger partial charge >= 0.3 is 5.97 Å². The van der Waals surface area contributed by atoms with Crippen LogP contribution < -0.4 is 4.90 Å². The molecular formula is C19H24N2O3. The van der Waals surface area contributed by atoms with Gasteiger partial charge in [0.15, 0.2) is 0 Å². The highest BCUT2D eigenvalue weighted by atomic mass is 16.4. The second-order valence-electron chi connectivity index (χ2n) is 7.37. The van der Waals surface area contributed by atoms with Crippen molar-refractivity contribution in [3.8, 4) is 0 Å². The number of hydrogen-bond acceptors (Lipinski definition) is 3. The molecule has 1 N–H and O–H groups in total. The Balaban J connectivity index is 1.42. The first kappa shape index (κ1) is 15.5. The Hall–Kier alpha value is -2.04. The van der Waals surface area contributed by atoms with Crippen molar-refractivity contribution in [2.75, 3.05) is 31.1 Å². The molecule has 24 heavy (non-hydrogen) atoms. The Morgan fingerprint density at radius 3 is 2.17 bits per heavy atom. The van der Waals surface area contributed by atoms with Gasteiger partial charge in [0.2, 0.25) is 5.91 Å². The molecule has 2 bridgehead atoms. The molecule has 5 heteroatoms. The Morgan fingerprint density at radius 2 is 1.54 bits per heavy atom. The Bertz CT molecular complexity index is 625. The lowest BCUT2D eigenvalue weighted by molar-refractivity contribution is -0.153. The van der Waals surface area contributed by atoms with Crippen LogP contribution in [-0.4, -0.2) is 48.1 Å². The van der Waals surface area contributed by atoms with Gasteiger partial charge in [0.25, 0.3) is 0 Å². The van der Waals surface area contributed by atoms with E-state index >= 15 is 0 Å². The summed E-state index contributed by atoms with van der Waals surface area (Å²) in [5.74, 6) is -0.929. The quantitative estimate of drug-likeness (QED) is 0.923. The summed E-state index contributed by atoms with van der Waals surface area (Å²) in [6, 6.07) is 10.2. The number of carbonyl (C=O) groups excluding carboxylic acids is 1. The van der Waals surface area contributed by atoms with Gasteiger partial charge in [-0.1, -0.05) is 18.2 Å². The van der Waals surface area contributed by atoms with Crippen molar-refractivity contribution in [1.82, 2.24) is 4.90 Å². The Kier molecular flexibility index (Phi) is 3.94. The molecule has 0 radical (unpaired) electrons. The third-order valence-electron chi connectivity index (χ3n) is 6.20. The second-order valence-corrected chi connectivity index (χ2v) is 7.37. The van der Waals surface area contributed by atoms with Crippen molar-refractivity contribution in [2.45, 2.75) is 19.3 Å². The molecule has 0 unspecified atom stereocenters. The van der Waals surface area contributed by atoms with E-state index in [1.807, 2.05) is 23.1 Å². The first-order valence-electron chi connectivity index (χ1n) is 8.97. The third kappa shape index (κ3) is 2.56. The van der Waals surface area contributed by atoms with Crippen molar-refractivity contribution in [3.63, 3.8) is 0 Å². The molecule has 5 nitrogen and oxygen atoms in total. The summed E-state index contributed by atoms with van der Waals surface area (Å²) in [7, 11) is 0. The molecule has 1 saturated heterocycles. The van der Waals surface area contributed by atoms with E-state index in [9.17, 15) is 14.7 Å². The van der Waals surface area contributed by atoms with Gasteiger partial charge in [-0.3, -0.25) is 9.59 Å². The highest BCUT2D eigenvalue weighted by molar-refractivity contribution is 5.86. The molecular weight excluding hydrogens is 304 g/mol. The molecule has 1 amide bonds. The van der Waals surface area contributed by atoms with Crippen LogP contribution in [0.4, 0.5) is 5.69 Å². The number of piperazine rings is 1. The monoisotopic (exact) mass is 328 g/mol. The van der Waals surface area contributed by atoms with E-state index in [1.54, 1.807) is 0 Å². The number of benzene rings is 1. The van der Waals surface area contributed by atoms with Crippen LogP contribution >= 0.6 is 0 Å². The highest BCUT2D eigenvalue weighted by Gasteiger charge is 2.54. The molecule has 0 spiro atoms. The Morgan fingerprint density at radius 1 is 0.917 bits per heavy atom. The average Bonchev–Trinajstić information content (AvgIpc) is 3.23. The number of fused-ring (bicyclic) bond motifs is 2. The highest BCUT2D eigenvalue weighted by Crippen LogP contribution is 2.53. The molecule has 0 aromatic heterocycles. The van der Waals surface area contributed by atoms with Gasteiger partial charge in [0, 0.05) is 31.9 Å². The molecule has 4 rings (SSSR count). The zero-order valence-corrected chi connectivity index (χ0v) is 13.8. The van der Waals surface area contributed by atoms with Crippen LogP contribution in [-0.2, 0) is 9.59 Å². The summed E-state index contributed by atoms with van der Waals surface area (Å²) < 4.78 is 0. The summed E-state index contributed by atoms with van der Waals surface area (Å²) in [4.78, 5) is 28.8. The number of anilines is 1. The van der Waals surface area contributed by atoms with Gasteiger partial charge in [-0.15, -0.1) is 0 Å². The number of carbonyl (C=O) groups is 2. The number of nitrogens with zero attached hydrogens (tertiary/aromatic N) is 2. The number of carboxylic acid groups (broad SMARTS) is 1. The number of rotatable bonds is 3. The van der Waals surface area contributed by atoms with Gasteiger partial charge in [-0.25, -0.2) is 0 Å². The molecule has 2 aliphatic carbocycles. The summed E-state index contributed by atoms with van der Waals surface area (Å²) in [6.45, 7) is 3.00. The van der Waals surface area contributed by atoms with E-state index in [-0.39, 0.29) is 23.7 Å². The van der Waals surface area contributed by atoms with E-state index in [1.165, 1.54) is 5.69 Å². The second kappa shape index (κ2) is 6.11. The van der Waals surface area contributed by atoms with Crippen LogP contribution in [0.15, 0.2) is 30.3 Å². The van der Waals surface area contributed by atoms with Gasteiger partial charge in [0.1, 0.15) is 0 Å². The third-order valence-corrected chi connectivity index (χ3v) is 6.20. The van der Waals surface area contributed by atoms with Gasteiger partial charge in [-0.2, -0.15) is 0 Å². The molecule has 1 aromatic rings. The minimum Gasteiger partial charge on any atom is -0.481 e. The zero-order chi connectivity index (χ0) is 16.7. The fourth-order valence-electron chi connectivity index (χ4n) is 5.04. The van der Waals surface area contributed by atoms with Crippen molar-refractivity contribution in [2.24, 2.45) is 23.7 Å². The first-order chi connectivity index (χ1) is 11.6. The van der Waals surface area contributed by atoms with E-state index in [0.29, 0.717) is 13.1 Å². The number of carboxylic acids is 1. The summed E-state index contributed by atoms with van der Waals surface area (Å²) in [5, 5.41) is 9.56. The summed E-state index contributed by atoms with van der Waals surface area (Å²) >= 11 is 0. The summed E-state index contributed by atoms with van der Waals surface area (Å²) in [6.07, 6.45) is 2.93. The predicted octanol–water partition coefficient (Wildman–Crippen LogP) is 2.08. The SMILES string of the molecule is O=C(O)[C@H]1[C@H]2CC[C@H](C2)[C@@H]1C(=O)N1CCN(c2ccccc2)CC1. The molecule has 4 atom stereocenters. The topological polar surface area (TPSA) is 60.9 Å². The van der Waals surface area contributed by atoms with E-state index in [0.717, 1.165) is 32.4 Å². The van der Waals surface area contributed by atoms with Gasteiger partial charge in [0.05, 0.1) is 11.8 Å². The van der Waals surface area contributed by atoms with E-state index < -0.39 is 11.9 Å². The maximum Gasteiger partial charge on any atom is 0.307 e.